The lowest BCUT2D eigenvalue weighted by molar-refractivity contribution is 0.0424. The summed E-state index contributed by atoms with van der Waals surface area (Å²) in [6, 6.07) is 7.50. The van der Waals surface area contributed by atoms with Crippen LogP contribution in [0.3, 0.4) is 0 Å². The van der Waals surface area contributed by atoms with E-state index in [1.165, 1.54) is 0 Å². The fourth-order valence-electron chi connectivity index (χ4n) is 3.42. The molecule has 2 heterocycles. The Kier molecular flexibility index (Phi) is 6.57. The van der Waals surface area contributed by atoms with Crippen molar-refractivity contribution < 1.29 is 19.4 Å². The molecule has 7 nitrogen and oxygen atoms in total. The fraction of sp³-hybridized carbons (Fsp3) is 0.632. The van der Waals surface area contributed by atoms with Crippen LogP contribution in [0.5, 0.6) is 11.5 Å². The van der Waals surface area contributed by atoms with Crippen molar-refractivity contribution in [2.24, 2.45) is 0 Å². The molecule has 2 amide bonds. The Morgan fingerprint density at radius 1 is 1.27 bits per heavy atom. The number of carbonyl (C=O) groups is 1. The SMILES string of the molecule is COc1ccccc1OC1CN(C(=O)NCCCN2CCC[C@H](O)C2)C1. The summed E-state index contributed by atoms with van der Waals surface area (Å²) < 4.78 is 11.2. The number of hydrogen-bond donors (Lipinski definition) is 2. The van der Waals surface area contributed by atoms with E-state index in [1.54, 1.807) is 12.0 Å². The maximum Gasteiger partial charge on any atom is 0.317 e. The van der Waals surface area contributed by atoms with Gasteiger partial charge in [-0.05, 0) is 44.5 Å². The standard InChI is InChI=1S/C19H29N3O4/c1-25-17-7-2-3-8-18(17)26-16-13-22(14-16)19(24)20-9-5-11-21-10-4-6-15(23)12-21/h2-3,7-8,15-16,23H,4-6,9-14H2,1H3,(H,20,24)/t15-/m0/s1. The zero-order valence-corrected chi connectivity index (χ0v) is 15.4. The Morgan fingerprint density at radius 2 is 2.04 bits per heavy atom. The molecular formula is C19H29N3O4. The highest BCUT2D eigenvalue weighted by Crippen LogP contribution is 2.28. The van der Waals surface area contributed by atoms with Gasteiger partial charge < -0.3 is 29.7 Å². The third kappa shape index (κ3) is 5.02. The summed E-state index contributed by atoms with van der Waals surface area (Å²) in [6.45, 7) is 4.53. The average molecular weight is 363 g/mol. The molecule has 1 aromatic carbocycles. The molecule has 0 unspecified atom stereocenters. The second-order valence-corrected chi connectivity index (χ2v) is 6.98. The van der Waals surface area contributed by atoms with Crippen LogP contribution in [0.2, 0.25) is 0 Å². The summed E-state index contributed by atoms with van der Waals surface area (Å²) in [6.07, 6.45) is 2.66. The molecule has 0 radical (unpaired) electrons. The Hall–Kier alpha value is -1.99. The van der Waals surface area contributed by atoms with E-state index in [0.29, 0.717) is 31.1 Å². The number of nitrogens with zero attached hydrogens (tertiary/aromatic N) is 2. The lowest BCUT2D eigenvalue weighted by Gasteiger charge is -2.39. The first-order valence-corrected chi connectivity index (χ1v) is 9.38. The zero-order chi connectivity index (χ0) is 18.4. The van der Waals surface area contributed by atoms with Crippen molar-refractivity contribution in [1.82, 2.24) is 15.1 Å². The summed E-state index contributed by atoms with van der Waals surface area (Å²) in [7, 11) is 1.62. The van der Waals surface area contributed by atoms with Gasteiger partial charge in [0, 0.05) is 13.1 Å². The van der Waals surface area contributed by atoms with Crippen LogP contribution in [-0.2, 0) is 0 Å². The number of nitrogens with one attached hydrogen (secondary N) is 1. The number of carbonyl (C=O) groups excluding carboxylic acids is 1. The predicted molar refractivity (Wildman–Crippen MR) is 98.7 cm³/mol. The van der Waals surface area contributed by atoms with E-state index < -0.39 is 0 Å². The van der Waals surface area contributed by atoms with Crippen molar-refractivity contribution in [3.05, 3.63) is 24.3 Å². The lowest BCUT2D eigenvalue weighted by atomic mass is 10.1. The monoisotopic (exact) mass is 363 g/mol. The maximum atomic E-state index is 12.1. The number of para-hydroxylation sites is 2. The number of rotatable bonds is 7. The van der Waals surface area contributed by atoms with E-state index >= 15 is 0 Å². The van der Waals surface area contributed by atoms with Gasteiger partial charge in [-0.25, -0.2) is 4.79 Å². The fourth-order valence-corrected chi connectivity index (χ4v) is 3.42. The number of amides is 2. The highest BCUT2D eigenvalue weighted by Gasteiger charge is 2.32. The summed E-state index contributed by atoms with van der Waals surface area (Å²) in [5, 5.41) is 12.6. The molecule has 7 heteroatoms. The number of ether oxygens (including phenoxy) is 2. The Bertz CT molecular complexity index is 592. The van der Waals surface area contributed by atoms with E-state index in [0.717, 1.165) is 38.9 Å². The first-order chi connectivity index (χ1) is 12.7. The van der Waals surface area contributed by atoms with Crippen LogP contribution in [0.15, 0.2) is 24.3 Å². The second kappa shape index (κ2) is 9.09. The minimum absolute atomic E-state index is 0.00638. The topological polar surface area (TPSA) is 74.3 Å². The molecule has 2 saturated heterocycles. The number of methoxy groups -OCH3 is 1. The smallest absolute Gasteiger partial charge is 0.317 e. The van der Waals surface area contributed by atoms with Crippen LogP contribution < -0.4 is 14.8 Å². The number of likely N-dealkylation sites (tertiary alicyclic amines) is 2. The zero-order valence-electron chi connectivity index (χ0n) is 15.4. The Labute approximate surface area is 154 Å². The van der Waals surface area contributed by atoms with Gasteiger partial charge in [0.15, 0.2) is 11.5 Å². The minimum atomic E-state index is -0.195. The molecule has 0 bridgehead atoms. The van der Waals surface area contributed by atoms with E-state index in [2.05, 4.69) is 10.2 Å². The first kappa shape index (κ1) is 18.8. The molecule has 2 fully saturated rings. The van der Waals surface area contributed by atoms with Crippen molar-refractivity contribution >= 4 is 6.03 Å². The van der Waals surface area contributed by atoms with Crippen molar-refractivity contribution in [1.29, 1.82) is 0 Å². The van der Waals surface area contributed by atoms with Crippen LogP contribution in [0, 0.1) is 0 Å². The normalized spacial score (nSPS) is 21.2. The minimum Gasteiger partial charge on any atom is -0.493 e. The maximum absolute atomic E-state index is 12.1. The van der Waals surface area contributed by atoms with Crippen LogP contribution in [0.4, 0.5) is 4.79 Å². The molecule has 26 heavy (non-hydrogen) atoms. The van der Waals surface area contributed by atoms with Crippen LogP contribution in [-0.4, -0.2) is 79.5 Å². The molecule has 2 N–H and O–H groups in total. The second-order valence-electron chi connectivity index (χ2n) is 6.98. The molecule has 144 valence electrons. The predicted octanol–water partition coefficient (Wildman–Crippen LogP) is 1.31. The number of β-amino-alcohol motifs (C(OH)–C–C–N with tert-alkyl or cyclic N) is 1. The van der Waals surface area contributed by atoms with Crippen LogP contribution in [0.25, 0.3) is 0 Å². The van der Waals surface area contributed by atoms with Crippen LogP contribution in [0.1, 0.15) is 19.3 Å². The third-order valence-corrected chi connectivity index (χ3v) is 4.91. The van der Waals surface area contributed by atoms with Gasteiger partial charge in [-0.3, -0.25) is 0 Å². The largest absolute Gasteiger partial charge is 0.493 e. The third-order valence-electron chi connectivity index (χ3n) is 4.91. The molecule has 1 atom stereocenters. The first-order valence-electron chi connectivity index (χ1n) is 9.38. The van der Waals surface area contributed by atoms with Crippen molar-refractivity contribution in [3.8, 4) is 11.5 Å². The number of benzene rings is 1. The van der Waals surface area contributed by atoms with Crippen molar-refractivity contribution in [3.63, 3.8) is 0 Å². The molecule has 3 rings (SSSR count). The molecule has 0 spiro atoms. The molecule has 0 aromatic heterocycles. The molecular weight excluding hydrogens is 334 g/mol. The van der Waals surface area contributed by atoms with Gasteiger partial charge in [0.2, 0.25) is 0 Å². The molecule has 2 aliphatic heterocycles. The van der Waals surface area contributed by atoms with E-state index in [4.69, 9.17) is 9.47 Å². The van der Waals surface area contributed by atoms with Gasteiger partial charge in [-0.15, -0.1) is 0 Å². The van der Waals surface area contributed by atoms with Gasteiger partial charge in [0.1, 0.15) is 6.10 Å². The van der Waals surface area contributed by atoms with Gasteiger partial charge in [0.25, 0.3) is 0 Å². The van der Waals surface area contributed by atoms with E-state index in [-0.39, 0.29) is 18.2 Å². The number of piperidine rings is 1. The van der Waals surface area contributed by atoms with Gasteiger partial charge in [0.05, 0.1) is 26.3 Å². The number of hydrogen-bond acceptors (Lipinski definition) is 5. The molecule has 0 saturated carbocycles. The number of aliphatic hydroxyl groups excluding tert-OH is 1. The summed E-state index contributed by atoms with van der Waals surface area (Å²) >= 11 is 0. The average Bonchev–Trinajstić information content (AvgIpc) is 2.61. The van der Waals surface area contributed by atoms with Gasteiger partial charge in [-0.2, -0.15) is 0 Å². The highest BCUT2D eigenvalue weighted by atomic mass is 16.5. The van der Waals surface area contributed by atoms with Gasteiger partial charge >= 0.3 is 6.03 Å². The Morgan fingerprint density at radius 3 is 2.77 bits per heavy atom. The summed E-state index contributed by atoms with van der Waals surface area (Å²) in [5.74, 6) is 1.42. The van der Waals surface area contributed by atoms with Crippen molar-refractivity contribution in [2.45, 2.75) is 31.5 Å². The van der Waals surface area contributed by atoms with Gasteiger partial charge in [-0.1, -0.05) is 12.1 Å². The number of urea groups is 1. The molecule has 2 aliphatic rings. The lowest BCUT2D eigenvalue weighted by Crippen LogP contribution is -2.59. The Balaban J connectivity index is 1.30. The molecule has 1 aromatic rings. The number of aliphatic hydroxyl groups is 1. The van der Waals surface area contributed by atoms with Crippen LogP contribution >= 0.6 is 0 Å². The van der Waals surface area contributed by atoms with E-state index in [1.807, 2.05) is 24.3 Å². The summed E-state index contributed by atoms with van der Waals surface area (Å²) in [4.78, 5) is 16.2. The highest BCUT2D eigenvalue weighted by molar-refractivity contribution is 5.75. The van der Waals surface area contributed by atoms with E-state index in [9.17, 15) is 9.90 Å². The summed E-state index contributed by atoms with van der Waals surface area (Å²) in [5.41, 5.74) is 0. The van der Waals surface area contributed by atoms with Crippen molar-refractivity contribution in [2.75, 3.05) is 46.4 Å². The quantitative estimate of drug-likeness (QED) is 0.715. The molecule has 0 aliphatic carbocycles.